The van der Waals surface area contributed by atoms with E-state index < -0.39 is 17.7 Å². The molecule has 0 aliphatic carbocycles. The molecule has 1 fully saturated rings. The molecule has 0 aromatic heterocycles. The third kappa shape index (κ3) is 4.40. The van der Waals surface area contributed by atoms with Crippen molar-refractivity contribution < 1.29 is 24.2 Å². The van der Waals surface area contributed by atoms with Crippen molar-refractivity contribution in [3.05, 3.63) is 94.6 Å². The van der Waals surface area contributed by atoms with Crippen molar-refractivity contribution >= 4 is 34.7 Å². The SMILES string of the molecule is COc1ccccc1C1/C(=C(\O)c2ccc(C)c(C)c2)C(=O)C(=O)N1c1ccc(NC(C)=O)cc1. The first-order valence-electron chi connectivity index (χ1n) is 11.1. The summed E-state index contributed by atoms with van der Waals surface area (Å²) in [6, 6.07) is 18.1. The number of hydrogen-bond acceptors (Lipinski definition) is 5. The van der Waals surface area contributed by atoms with Crippen molar-refractivity contribution in [2.24, 2.45) is 0 Å². The van der Waals surface area contributed by atoms with Gasteiger partial charge in [-0.15, -0.1) is 0 Å². The van der Waals surface area contributed by atoms with Gasteiger partial charge >= 0.3 is 0 Å². The average molecular weight is 471 g/mol. The van der Waals surface area contributed by atoms with Crippen LogP contribution in [0.2, 0.25) is 0 Å². The Morgan fingerprint density at radius 1 is 0.971 bits per heavy atom. The predicted molar refractivity (Wildman–Crippen MR) is 134 cm³/mol. The zero-order valence-corrected chi connectivity index (χ0v) is 20.0. The number of ether oxygens (including phenoxy) is 1. The Labute approximate surface area is 203 Å². The number of Topliss-reactive ketones (excluding diaryl/α,β-unsaturated/α-hetero) is 1. The minimum Gasteiger partial charge on any atom is -0.507 e. The van der Waals surface area contributed by atoms with Crippen LogP contribution in [0.4, 0.5) is 11.4 Å². The zero-order valence-electron chi connectivity index (χ0n) is 20.0. The minimum absolute atomic E-state index is 0.0197. The number of aryl methyl sites for hydroxylation is 2. The van der Waals surface area contributed by atoms with E-state index in [1.807, 2.05) is 19.9 Å². The van der Waals surface area contributed by atoms with Crippen LogP contribution in [0.15, 0.2) is 72.3 Å². The van der Waals surface area contributed by atoms with Crippen molar-refractivity contribution in [2.45, 2.75) is 26.8 Å². The lowest BCUT2D eigenvalue weighted by Gasteiger charge is -2.27. The molecule has 2 N–H and O–H groups in total. The molecule has 7 heteroatoms. The van der Waals surface area contributed by atoms with E-state index in [2.05, 4.69) is 5.32 Å². The van der Waals surface area contributed by atoms with Gasteiger partial charge in [0.05, 0.1) is 18.7 Å². The summed E-state index contributed by atoms with van der Waals surface area (Å²) in [6.45, 7) is 5.28. The lowest BCUT2D eigenvalue weighted by atomic mass is 9.93. The third-order valence-electron chi connectivity index (χ3n) is 6.12. The first kappa shape index (κ1) is 23.8. The van der Waals surface area contributed by atoms with Crippen LogP contribution in [0.1, 0.15) is 35.2 Å². The number of methoxy groups -OCH3 is 1. The normalized spacial score (nSPS) is 16.9. The monoisotopic (exact) mass is 470 g/mol. The van der Waals surface area contributed by atoms with Crippen molar-refractivity contribution in [2.75, 3.05) is 17.3 Å². The van der Waals surface area contributed by atoms with Gasteiger partial charge in [0.15, 0.2) is 0 Å². The second kappa shape index (κ2) is 9.46. The summed E-state index contributed by atoms with van der Waals surface area (Å²) >= 11 is 0. The average Bonchev–Trinajstić information content (AvgIpc) is 3.10. The maximum atomic E-state index is 13.3. The van der Waals surface area contributed by atoms with Gasteiger partial charge in [-0.1, -0.05) is 30.3 Å². The number of aliphatic hydroxyl groups is 1. The molecule has 0 spiro atoms. The van der Waals surface area contributed by atoms with E-state index in [1.54, 1.807) is 60.7 Å². The Bertz CT molecular complexity index is 1360. The summed E-state index contributed by atoms with van der Waals surface area (Å²) in [7, 11) is 1.51. The van der Waals surface area contributed by atoms with Crippen LogP contribution in [0, 0.1) is 13.8 Å². The Hall–Kier alpha value is -4.39. The number of benzene rings is 3. The summed E-state index contributed by atoms with van der Waals surface area (Å²) in [6.07, 6.45) is 0. The highest BCUT2D eigenvalue weighted by Gasteiger charge is 2.47. The standard InChI is InChI=1S/C28H26N2O5/c1-16-9-10-19(15-17(16)2)26(32)24-25(22-7-5-6-8-23(22)35-4)30(28(34)27(24)33)21-13-11-20(12-14-21)29-18(3)31/h5-15,25,32H,1-4H3,(H,29,31)/b26-24+. The molecule has 4 rings (SSSR count). The molecule has 178 valence electrons. The molecule has 1 aliphatic heterocycles. The van der Waals surface area contributed by atoms with E-state index in [0.717, 1.165) is 11.1 Å². The lowest BCUT2D eigenvalue weighted by Crippen LogP contribution is -2.29. The molecular formula is C28H26N2O5. The molecule has 3 aromatic rings. The largest absolute Gasteiger partial charge is 0.507 e. The minimum atomic E-state index is -0.917. The summed E-state index contributed by atoms with van der Waals surface area (Å²) in [4.78, 5) is 39.4. The number of carbonyl (C=O) groups excluding carboxylic acids is 3. The van der Waals surface area contributed by atoms with Crippen LogP contribution in [-0.4, -0.2) is 29.8 Å². The zero-order chi connectivity index (χ0) is 25.3. The summed E-state index contributed by atoms with van der Waals surface area (Å²) < 4.78 is 5.54. The fraction of sp³-hybridized carbons (Fsp3) is 0.179. The third-order valence-corrected chi connectivity index (χ3v) is 6.12. The highest BCUT2D eigenvalue weighted by Crippen LogP contribution is 2.45. The fourth-order valence-electron chi connectivity index (χ4n) is 4.24. The Morgan fingerprint density at radius 2 is 1.66 bits per heavy atom. The number of nitrogens with zero attached hydrogens (tertiary/aromatic N) is 1. The molecule has 35 heavy (non-hydrogen) atoms. The van der Waals surface area contributed by atoms with Gasteiger partial charge in [-0.2, -0.15) is 0 Å². The van der Waals surface area contributed by atoms with Gasteiger partial charge in [0.25, 0.3) is 11.7 Å². The number of hydrogen-bond donors (Lipinski definition) is 2. The summed E-state index contributed by atoms with van der Waals surface area (Å²) in [5.74, 6) is -1.55. The maximum absolute atomic E-state index is 13.3. The second-order valence-corrected chi connectivity index (χ2v) is 8.44. The van der Waals surface area contributed by atoms with E-state index in [0.29, 0.717) is 28.3 Å². The lowest BCUT2D eigenvalue weighted by molar-refractivity contribution is -0.132. The van der Waals surface area contributed by atoms with Crippen LogP contribution >= 0.6 is 0 Å². The van der Waals surface area contributed by atoms with Crippen molar-refractivity contribution in [1.29, 1.82) is 0 Å². The Kier molecular flexibility index (Phi) is 6.42. The molecule has 1 atom stereocenters. The van der Waals surface area contributed by atoms with Crippen molar-refractivity contribution in [3.63, 3.8) is 0 Å². The molecule has 0 bridgehead atoms. The molecule has 1 saturated heterocycles. The molecule has 0 radical (unpaired) electrons. The predicted octanol–water partition coefficient (Wildman–Crippen LogP) is 4.90. The fourth-order valence-corrected chi connectivity index (χ4v) is 4.24. The number of anilines is 2. The molecule has 7 nitrogen and oxygen atoms in total. The van der Waals surface area contributed by atoms with Gasteiger partial charge < -0.3 is 15.2 Å². The number of nitrogens with one attached hydrogen (secondary N) is 1. The molecule has 1 heterocycles. The topological polar surface area (TPSA) is 95.9 Å². The second-order valence-electron chi connectivity index (χ2n) is 8.44. The van der Waals surface area contributed by atoms with Crippen LogP contribution in [0.3, 0.4) is 0 Å². The molecule has 0 saturated carbocycles. The van der Waals surface area contributed by atoms with Crippen LogP contribution in [0.25, 0.3) is 5.76 Å². The van der Waals surface area contributed by atoms with E-state index in [4.69, 9.17) is 4.74 Å². The molecule has 1 unspecified atom stereocenters. The van der Waals surface area contributed by atoms with E-state index in [-0.39, 0.29) is 17.2 Å². The van der Waals surface area contributed by atoms with Gasteiger partial charge in [-0.05, 0) is 61.4 Å². The molecular weight excluding hydrogens is 444 g/mol. The van der Waals surface area contributed by atoms with Gasteiger partial charge in [0, 0.05) is 29.4 Å². The molecule has 1 aliphatic rings. The van der Waals surface area contributed by atoms with Gasteiger partial charge in [-0.3, -0.25) is 19.3 Å². The quantitative estimate of drug-likeness (QED) is 0.314. The van der Waals surface area contributed by atoms with E-state index in [9.17, 15) is 19.5 Å². The van der Waals surface area contributed by atoms with Crippen LogP contribution in [-0.2, 0) is 14.4 Å². The number of ketones is 1. The number of carbonyl (C=O) groups is 3. The van der Waals surface area contributed by atoms with Gasteiger partial charge in [0.1, 0.15) is 11.5 Å². The number of para-hydroxylation sites is 1. The maximum Gasteiger partial charge on any atom is 0.300 e. The summed E-state index contributed by atoms with van der Waals surface area (Å²) in [5.41, 5.74) is 3.98. The molecule has 2 amide bonds. The first-order chi connectivity index (χ1) is 16.7. The van der Waals surface area contributed by atoms with Crippen LogP contribution in [0.5, 0.6) is 5.75 Å². The van der Waals surface area contributed by atoms with Crippen LogP contribution < -0.4 is 15.0 Å². The summed E-state index contributed by atoms with van der Waals surface area (Å²) in [5, 5.41) is 14.0. The highest BCUT2D eigenvalue weighted by molar-refractivity contribution is 6.51. The Balaban J connectivity index is 1.92. The molecule has 3 aromatic carbocycles. The van der Waals surface area contributed by atoms with E-state index >= 15 is 0 Å². The van der Waals surface area contributed by atoms with Gasteiger partial charge in [0.2, 0.25) is 5.91 Å². The number of rotatable bonds is 5. The van der Waals surface area contributed by atoms with Crippen molar-refractivity contribution in [3.8, 4) is 5.75 Å². The first-order valence-corrected chi connectivity index (χ1v) is 11.1. The van der Waals surface area contributed by atoms with Gasteiger partial charge in [-0.25, -0.2) is 0 Å². The number of aliphatic hydroxyl groups excluding tert-OH is 1. The smallest absolute Gasteiger partial charge is 0.300 e. The van der Waals surface area contributed by atoms with Crippen molar-refractivity contribution in [1.82, 2.24) is 0 Å². The Morgan fingerprint density at radius 3 is 2.29 bits per heavy atom. The highest BCUT2D eigenvalue weighted by atomic mass is 16.5. The number of amides is 2. The van der Waals surface area contributed by atoms with E-state index in [1.165, 1.54) is 18.9 Å².